The number of carbonyl (C=O) groups is 1. The van der Waals surface area contributed by atoms with E-state index < -0.39 is 0 Å². The van der Waals surface area contributed by atoms with Crippen LogP contribution < -0.4 is 19.1 Å². The van der Waals surface area contributed by atoms with Crippen molar-refractivity contribution in [3.63, 3.8) is 0 Å². The fourth-order valence-electron chi connectivity index (χ4n) is 3.27. The molecule has 0 aliphatic rings. The fourth-order valence-corrected chi connectivity index (χ4v) is 4.31. The van der Waals surface area contributed by atoms with Gasteiger partial charge in [0.05, 0.1) is 23.9 Å². The van der Waals surface area contributed by atoms with Crippen LogP contribution in [0, 0.1) is 0 Å². The van der Waals surface area contributed by atoms with Crippen molar-refractivity contribution in [2.75, 3.05) is 51.4 Å². The van der Waals surface area contributed by atoms with Crippen molar-refractivity contribution in [3.05, 3.63) is 42.5 Å². The van der Waals surface area contributed by atoms with Crippen molar-refractivity contribution >= 4 is 32.6 Å². The second kappa shape index (κ2) is 11.7. The predicted octanol–water partition coefficient (Wildman–Crippen LogP) is 4.46. The highest BCUT2D eigenvalue weighted by atomic mass is 32.1. The lowest BCUT2D eigenvalue weighted by molar-refractivity contribution is -0.120. The van der Waals surface area contributed by atoms with E-state index in [1.54, 1.807) is 36.3 Å². The van der Waals surface area contributed by atoms with E-state index in [2.05, 4.69) is 18.7 Å². The van der Waals surface area contributed by atoms with Crippen LogP contribution in [0.25, 0.3) is 10.2 Å². The Labute approximate surface area is 193 Å². The standard InChI is InChI=1S/C24H31N3O4S/c1-5-26(6-2)14-15-27(23(28)17-31-19-10-8-18(29-4)9-11-19)24-25-21-13-12-20(30-7-3)16-22(21)32-24/h8-13,16H,5-7,14-15,17H2,1-4H3. The van der Waals surface area contributed by atoms with Crippen LogP contribution in [0.15, 0.2) is 42.5 Å². The molecule has 2 aromatic carbocycles. The Kier molecular flexibility index (Phi) is 8.70. The van der Waals surface area contributed by atoms with Crippen LogP contribution in [0.2, 0.25) is 0 Å². The summed E-state index contributed by atoms with van der Waals surface area (Å²) in [5.41, 5.74) is 0.852. The van der Waals surface area contributed by atoms with Gasteiger partial charge in [-0.05, 0) is 62.5 Å². The molecule has 0 bridgehead atoms. The maximum absolute atomic E-state index is 13.2. The summed E-state index contributed by atoms with van der Waals surface area (Å²) in [6.07, 6.45) is 0. The molecule has 0 saturated heterocycles. The largest absolute Gasteiger partial charge is 0.497 e. The predicted molar refractivity (Wildman–Crippen MR) is 129 cm³/mol. The SMILES string of the molecule is CCOc1ccc2nc(N(CCN(CC)CC)C(=O)COc3ccc(OC)cc3)sc2c1. The average Bonchev–Trinajstić information content (AvgIpc) is 3.24. The van der Waals surface area contributed by atoms with E-state index in [-0.39, 0.29) is 12.5 Å². The Morgan fingerprint density at radius 3 is 2.28 bits per heavy atom. The lowest BCUT2D eigenvalue weighted by Crippen LogP contribution is -2.41. The summed E-state index contributed by atoms with van der Waals surface area (Å²) in [5.74, 6) is 2.04. The monoisotopic (exact) mass is 457 g/mol. The molecule has 0 saturated carbocycles. The van der Waals surface area contributed by atoms with Gasteiger partial charge in [-0.3, -0.25) is 9.69 Å². The van der Waals surface area contributed by atoms with Crippen LogP contribution in [0.1, 0.15) is 20.8 Å². The number of amides is 1. The summed E-state index contributed by atoms with van der Waals surface area (Å²) >= 11 is 1.49. The van der Waals surface area contributed by atoms with Crippen molar-refractivity contribution in [2.45, 2.75) is 20.8 Å². The minimum Gasteiger partial charge on any atom is -0.497 e. The number of nitrogens with zero attached hydrogens (tertiary/aromatic N) is 3. The molecule has 0 aliphatic heterocycles. The van der Waals surface area contributed by atoms with E-state index in [4.69, 9.17) is 19.2 Å². The molecule has 0 N–H and O–H groups in total. The van der Waals surface area contributed by atoms with Crippen molar-refractivity contribution in [2.24, 2.45) is 0 Å². The quantitative estimate of drug-likeness (QED) is 0.400. The van der Waals surface area contributed by atoms with Crippen LogP contribution in [-0.2, 0) is 4.79 Å². The van der Waals surface area contributed by atoms with Crippen LogP contribution in [-0.4, -0.2) is 62.3 Å². The highest BCUT2D eigenvalue weighted by molar-refractivity contribution is 7.22. The maximum Gasteiger partial charge on any atom is 0.266 e. The smallest absolute Gasteiger partial charge is 0.266 e. The van der Waals surface area contributed by atoms with E-state index in [9.17, 15) is 4.79 Å². The summed E-state index contributed by atoms with van der Waals surface area (Å²) in [6.45, 7) is 9.91. The molecule has 3 rings (SSSR count). The number of fused-ring (bicyclic) bond motifs is 1. The van der Waals surface area contributed by atoms with Gasteiger partial charge in [0.2, 0.25) is 0 Å². The Balaban J connectivity index is 1.78. The van der Waals surface area contributed by atoms with Gasteiger partial charge in [-0.1, -0.05) is 25.2 Å². The number of methoxy groups -OCH3 is 1. The lowest BCUT2D eigenvalue weighted by Gasteiger charge is -2.24. The van der Waals surface area contributed by atoms with Crippen LogP contribution in [0.4, 0.5) is 5.13 Å². The van der Waals surface area contributed by atoms with E-state index in [1.165, 1.54) is 11.3 Å². The molecule has 1 heterocycles. The zero-order valence-corrected chi connectivity index (χ0v) is 20.0. The van der Waals surface area contributed by atoms with E-state index in [0.29, 0.717) is 24.0 Å². The first kappa shape index (κ1) is 23.8. The molecule has 8 heteroatoms. The first-order chi connectivity index (χ1) is 15.6. The Hall–Kier alpha value is -2.84. The normalized spacial score (nSPS) is 11.0. The minimum absolute atomic E-state index is 0.0648. The highest BCUT2D eigenvalue weighted by Gasteiger charge is 2.21. The summed E-state index contributed by atoms with van der Waals surface area (Å²) < 4.78 is 17.5. The third-order valence-electron chi connectivity index (χ3n) is 5.15. The Morgan fingerprint density at radius 1 is 0.938 bits per heavy atom. The van der Waals surface area contributed by atoms with Crippen molar-refractivity contribution in [1.82, 2.24) is 9.88 Å². The summed E-state index contributed by atoms with van der Waals surface area (Å²) in [6, 6.07) is 13.0. The number of thiazole rings is 1. The van der Waals surface area contributed by atoms with Gasteiger partial charge < -0.3 is 19.1 Å². The van der Waals surface area contributed by atoms with Gasteiger partial charge in [0, 0.05) is 13.1 Å². The van der Waals surface area contributed by atoms with E-state index in [0.717, 1.165) is 41.3 Å². The van der Waals surface area contributed by atoms with Crippen LogP contribution in [0.3, 0.4) is 0 Å². The molecular formula is C24H31N3O4S. The second-order valence-electron chi connectivity index (χ2n) is 7.10. The summed E-state index contributed by atoms with van der Waals surface area (Å²) in [7, 11) is 1.61. The first-order valence-corrected chi connectivity index (χ1v) is 11.7. The van der Waals surface area contributed by atoms with Crippen molar-refractivity contribution in [3.8, 4) is 17.2 Å². The molecule has 1 amide bonds. The number of hydrogen-bond acceptors (Lipinski definition) is 7. The first-order valence-electron chi connectivity index (χ1n) is 10.9. The number of anilines is 1. The number of aromatic nitrogens is 1. The second-order valence-corrected chi connectivity index (χ2v) is 8.10. The number of carbonyl (C=O) groups excluding carboxylic acids is 1. The average molecular weight is 458 g/mol. The van der Waals surface area contributed by atoms with E-state index in [1.807, 2.05) is 25.1 Å². The molecule has 0 radical (unpaired) electrons. The number of rotatable bonds is 12. The molecule has 32 heavy (non-hydrogen) atoms. The number of hydrogen-bond donors (Lipinski definition) is 0. The summed E-state index contributed by atoms with van der Waals surface area (Å²) in [4.78, 5) is 21.9. The van der Waals surface area contributed by atoms with Gasteiger partial charge in [-0.2, -0.15) is 0 Å². The summed E-state index contributed by atoms with van der Waals surface area (Å²) in [5, 5.41) is 0.670. The van der Waals surface area contributed by atoms with Gasteiger partial charge in [0.25, 0.3) is 5.91 Å². The molecule has 0 aliphatic carbocycles. The van der Waals surface area contributed by atoms with Gasteiger partial charge in [-0.15, -0.1) is 0 Å². The molecular weight excluding hydrogens is 426 g/mol. The van der Waals surface area contributed by atoms with Crippen molar-refractivity contribution < 1.29 is 19.0 Å². The molecule has 0 unspecified atom stereocenters. The lowest BCUT2D eigenvalue weighted by atomic mass is 10.3. The Morgan fingerprint density at radius 2 is 1.62 bits per heavy atom. The number of ether oxygens (including phenoxy) is 3. The zero-order chi connectivity index (χ0) is 22.9. The van der Waals surface area contributed by atoms with Crippen molar-refractivity contribution in [1.29, 1.82) is 0 Å². The van der Waals surface area contributed by atoms with Gasteiger partial charge in [0.1, 0.15) is 17.2 Å². The topological polar surface area (TPSA) is 64.1 Å². The molecule has 172 valence electrons. The zero-order valence-electron chi connectivity index (χ0n) is 19.2. The highest BCUT2D eigenvalue weighted by Crippen LogP contribution is 2.31. The molecule has 0 fully saturated rings. The Bertz CT molecular complexity index is 1000. The molecule has 7 nitrogen and oxygen atoms in total. The van der Waals surface area contributed by atoms with Gasteiger partial charge >= 0.3 is 0 Å². The minimum atomic E-state index is -0.128. The van der Waals surface area contributed by atoms with Gasteiger partial charge in [-0.25, -0.2) is 4.98 Å². The van der Waals surface area contributed by atoms with E-state index >= 15 is 0 Å². The van der Waals surface area contributed by atoms with Crippen LogP contribution in [0.5, 0.6) is 17.2 Å². The molecule has 3 aromatic rings. The fraction of sp³-hybridized carbons (Fsp3) is 0.417. The number of benzene rings is 2. The van der Waals surface area contributed by atoms with Gasteiger partial charge in [0.15, 0.2) is 11.7 Å². The molecule has 0 spiro atoms. The third kappa shape index (κ3) is 6.11. The maximum atomic E-state index is 13.2. The van der Waals surface area contributed by atoms with Crippen LogP contribution >= 0.6 is 11.3 Å². The molecule has 0 atom stereocenters. The third-order valence-corrected chi connectivity index (χ3v) is 6.19. The molecule has 1 aromatic heterocycles. The number of likely N-dealkylation sites (N-methyl/N-ethyl adjacent to an activating group) is 1.